The van der Waals surface area contributed by atoms with Gasteiger partial charge < -0.3 is 19.6 Å². The van der Waals surface area contributed by atoms with Crippen molar-refractivity contribution in [3.63, 3.8) is 0 Å². The smallest absolute Gasteiger partial charge is 0.311 e. The van der Waals surface area contributed by atoms with E-state index in [1.165, 1.54) is 5.57 Å². The van der Waals surface area contributed by atoms with E-state index in [1.807, 2.05) is 41.5 Å². The molecule has 7 unspecified atom stereocenters. The highest BCUT2D eigenvalue weighted by molar-refractivity contribution is 6.74. The van der Waals surface area contributed by atoms with Gasteiger partial charge >= 0.3 is 5.97 Å². The number of fused-ring (bicyclic) bond motifs is 1. The largest absolute Gasteiger partial charge is 0.461 e. The molecule has 0 saturated carbocycles. The summed E-state index contributed by atoms with van der Waals surface area (Å²) in [5.41, 5.74) is 0.429. The Balaban J connectivity index is 2.20. The summed E-state index contributed by atoms with van der Waals surface area (Å²) in [6.07, 6.45) is 9.38. The Morgan fingerprint density at radius 3 is 2.26 bits per heavy atom. The van der Waals surface area contributed by atoms with Crippen LogP contribution in [0.25, 0.3) is 0 Å². The van der Waals surface area contributed by atoms with Gasteiger partial charge in [-0.2, -0.15) is 0 Å². The fourth-order valence-corrected chi connectivity index (χ4v) is 7.28. The van der Waals surface area contributed by atoms with Gasteiger partial charge in [0.2, 0.25) is 5.91 Å². The first-order valence-electron chi connectivity index (χ1n) is 16.3. The van der Waals surface area contributed by atoms with Crippen LogP contribution in [0.15, 0.2) is 23.8 Å². The van der Waals surface area contributed by atoms with Gasteiger partial charge in [-0.05, 0) is 108 Å². The Labute approximate surface area is 258 Å². The Bertz CT molecular complexity index is 986. The van der Waals surface area contributed by atoms with Gasteiger partial charge in [0, 0.05) is 11.5 Å². The van der Waals surface area contributed by atoms with Crippen LogP contribution in [0, 0.1) is 29.1 Å². The van der Waals surface area contributed by atoms with E-state index in [0.717, 1.165) is 19.3 Å². The van der Waals surface area contributed by atoms with E-state index in [9.17, 15) is 14.7 Å². The number of allylic oxidation sites excluding steroid dienone is 3. The zero-order chi connectivity index (χ0) is 32.3. The Kier molecular flexibility index (Phi) is 12.3. The van der Waals surface area contributed by atoms with Crippen molar-refractivity contribution >= 4 is 20.2 Å². The number of esters is 1. The van der Waals surface area contributed by atoms with E-state index in [4.69, 9.17) is 9.16 Å². The zero-order valence-electron chi connectivity index (χ0n) is 29.1. The summed E-state index contributed by atoms with van der Waals surface area (Å²) in [4.78, 5) is 26.1. The highest BCUT2D eigenvalue weighted by Gasteiger charge is 2.43. The number of rotatable bonds is 12. The molecule has 2 N–H and O–H groups in total. The molecular weight excluding hydrogens is 542 g/mol. The quantitative estimate of drug-likeness (QED) is 0.174. The maximum Gasteiger partial charge on any atom is 0.311 e. The normalized spacial score (nSPS) is 26.6. The lowest BCUT2D eigenvalue weighted by Crippen LogP contribution is -2.47. The first-order chi connectivity index (χ1) is 19.1. The van der Waals surface area contributed by atoms with Crippen molar-refractivity contribution in [3.05, 3.63) is 23.8 Å². The maximum absolute atomic E-state index is 13.1. The lowest BCUT2D eigenvalue weighted by molar-refractivity contribution is -0.164. The summed E-state index contributed by atoms with van der Waals surface area (Å²) in [5.74, 6) is 0.871. The number of hydrogen-bond donors (Lipinski definition) is 2. The van der Waals surface area contributed by atoms with Crippen molar-refractivity contribution in [2.45, 2.75) is 157 Å². The number of amides is 1. The van der Waals surface area contributed by atoms with E-state index in [1.54, 1.807) is 0 Å². The fourth-order valence-electron chi connectivity index (χ4n) is 5.91. The molecule has 2 aliphatic rings. The van der Waals surface area contributed by atoms with Crippen LogP contribution in [0.3, 0.4) is 0 Å². The fraction of sp³-hybridized carbons (Fsp3) is 0.829. The molecule has 6 nitrogen and oxygen atoms in total. The molecule has 0 heterocycles. The van der Waals surface area contributed by atoms with E-state index >= 15 is 0 Å². The summed E-state index contributed by atoms with van der Waals surface area (Å²) in [6, 6.07) is 0. The number of nitrogens with one attached hydrogen (secondary N) is 1. The van der Waals surface area contributed by atoms with Crippen LogP contribution in [0.5, 0.6) is 0 Å². The molecule has 0 aromatic carbocycles. The van der Waals surface area contributed by atoms with Gasteiger partial charge in [-0.25, -0.2) is 0 Å². The third-order valence-corrected chi connectivity index (χ3v) is 14.4. The molecule has 0 aliphatic heterocycles. The topological polar surface area (TPSA) is 84.9 Å². The van der Waals surface area contributed by atoms with Crippen LogP contribution in [0.1, 0.15) is 115 Å². The first-order valence-corrected chi connectivity index (χ1v) is 19.2. The maximum atomic E-state index is 13.1. The number of ether oxygens (including phenoxy) is 1. The van der Waals surface area contributed by atoms with E-state index in [2.05, 4.69) is 71.3 Å². The number of aliphatic hydroxyl groups excluding tert-OH is 1. The van der Waals surface area contributed by atoms with Crippen molar-refractivity contribution in [1.82, 2.24) is 5.32 Å². The minimum Gasteiger partial charge on any atom is -0.461 e. The number of hydrogen-bond acceptors (Lipinski definition) is 5. The van der Waals surface area contributed by atoms with Crippen LogP contribution in [-0.4, -0.2) is 49.2 Å². The van der Waals surface area contributed by atoms with Gasteiger partial charge in [-0.15, -0.1) is 0 Å². The number of aliphatic hydroxyl groups is 1. The van der Waals surface area contributed by atoms with E-state index < -0.39 is 19.8 Å². The van der Waals surface area contributed by atoms with Gasteiger partial charge in [-0.1, -0.05) is 59.8 Å². The third kappa shape index (κ3) is 10.3. The highest BCUT2D eigenvalue weighted by atomic mass is 28.4. The Morgan fingerprint density at radius 1 is 1.10 bits per heavy atom. The molecule has 0 spiro atoms. The molecule has 7 atom stereocenters. The first kappa shape index (κ1) is 36.7. The second kappa shape index (κ2) is 14.1. The van der Waals surface area contributed by atoms with Gasteiger partial charge in [0.25, 0.3) is 0 Å². The molecule has 0 aromatic rings. The van der Waals surface area contributed by atoms with Crippen molar-refractivity contribution in [2.75, 3.05) is 0 Å². The summed E-state index contributed by atoms with van der Waals surface area (Å²) >= 11 is 0. The van der Waals surface area contributed by atoms with Gasteiger partial charge in [-0.3, -0.25) is 9.59 Å². The van der Waals surface area contributed by atoms with Crippen molar-refractivity contribution in [3.8, 4) is 0 Å². The molecule has 42 heavy (non-hydrogen) atoms. The molecule has 0 aromatic heterocycles. The van der Waals surface area contributed by atoms with E-state index in [-0.39, 0.29) is 52.9 Å². The van der Waals surface area contributed by atoms with Crippen molar-refractivity contribution < 1.29 is 23.9 Å². The predicted molar refractivity (Wildman–Crippen MR) is 176 cm³/mol. The Hall–Kier alpha value is -1.44. The second-order valence-corrected chi connectivity index (χ2v) is 21.2. The molecule has 2 aliphatic carbocycles. The van der Waals surface area contributed by atoms with Crippen LogP contribution < -0.4 is 5.32 Å². The van der Waals surface area contributed by atoms with Crippen molar-refractivity contribution in [1.29, 1.82) is 0 Å². The summed E-state index contributed by atoms with van der Waals surface area (Å²) < 4.78 is 13.0. The van der Waals surface area contributed by atoms with Crippen LogP contribution in [0.2, 0.25) is 18.1 Å². The average molecular weight is 606 g/mol. The molecule has 0 bridgehead atoms. The summed E-state index contributed by atoms with van der Waals surface area (Å²) in [6.45, 7) is 27.3. The molecule has 0 saturated heterocycles. The molecule has 242 valence electrons. The van der Waals surface area contributed by atoms with Gasteiger partial charge in [0.05, 0.1) is 24.0 Å². The monoisotopic (exact) mass is 605 g/mol. The highest BCUT2D eigenvalue weighted by Crippen LogP contribution is 2.46. The minimum atomic E-state index is -2.16. The lowest BCUT2D eigenvalue weighted by atomic mass is 9.65. The molecule has 7 heteroatoms. The van der Waals surface area contributed by atoms with Crippen LogP contribution >= 0.6 is 0 Å². The molecule has 0 radical (unpaired) electrons. The molecule has 0 fully saturated rings. The SMILES string of the molecule is CCC(C)(C)C(=O)OC1CC(C)C=C2C=CC(C)C(CCC(O)CC(CC(=O)NC(C)(C)C)O[Si](C)(C)C(C)(C)C)C21. The molecule has 2 rings (SSSR count). The predicted octanol–water partition coefficient (Wildman–Crippen LogP) is 7.97. The Morgan fingerprint density at radius 2 is 1.71 bits per heavy atom. The third-order valence-electron chi connectivity index (χ3n) is 9.85. The van der Waals surface area contributed by atoms with E-state index in [0.29, 0.717) is 24.7 Å². The summed E-state index contributed by atoms with van der Waals surface area (Å²) in [5, 5.41) is 14.4. The summed E-state index contributed by atoms with van der Waals surface area (Å²) in [7, 11) is -2.16. The van der Waals surface area contributed by atoms with Gasteiger partial charge in [0.1, 0.15) is 6.10 Å². The average Bonchev–Trinajstić information content (AvgIpc) is 2.81. The van der Waals surface area contributed by atoms with Crippen molar-refractivity contribution in [2.24, 2.45) is 29.1 Å². The standard InChI is InChI=1S/C35H63NO5Si/c1-14-35(10,11)32(39)40-29-20-23(2)19-25-16-15-24(3)28(31(25)29)18-17-26(37)21-27(22-30(38)36-33(4,5)6)41-42(12,13)34(7,8)9/h15-16,19,23-24,26-29,31,37H,14,17-18,20-22H2,1-13H3,(H,36,38). The zero-order valence-corrected chi connectivity index (χ0v) is 30.1. The number of carbonyl (C=O) groups is 2. The lowest BCUT2D eigenvalue weighted by Gasteiger charge is -2.44. The minimum absolute atomic E-state index is 0.000212. The van der Waals surface area contributed by atoms with Crippen LogP contribution in [0.4, 0.5) is 0 Å². The van der Waals surface area contributed by atoms with Crippen LogP contribution in [-0.2, 0) is 18.8 Å². The molecular formula is C35H63NO5Si. The second-order valence-electron chi connectivity index (χ2n) is 16.4. The molecule has 1 amide bonds. The number of carbonyl (C=O) groups excluding carboxylic acids is 2. The van der Waals surface area contributed by atoms with Gasteiger partial charge in [0.15, 0.2) is 8.32 Å².